The van der Waals surface area contributed by atoms with E-state index in [-0.39, 0.29) is 12.4 Å². The fourth-order valence-electron chi connectivity index (χ4n) is 0.276. The first kappa shape index (κ1) is 10.2. The summed E-state index contributed by atoms with van der Waals surface area (Å²) in [7, 11) is 0. The lowest BCUT2D eigenvalue weighted by Gasteiger charge is -1.92. The van der Waals surface area contributed by atoms with Gasteiger partial charge in [0.05, 0.1) is 0 Å². The minimum absolute atomic E-state index is 0. The van der Waals surface area contributed by atoms with Crippen LogP contribution in [0.2, 0.25) is 0 Å². The van der Waals surface area contributed by atoms with Gasteiger partial charge >= 0.3 is 0 Å². The molecule has 7 heavy (non-hydrogen) atoms. The van der Waals surface area contributed by atoms with Crippen LogP contribution in [-0.4, -0.2) is 6.30 Å². The molecule has 0 amide bonds. The third-order valence-electron chi connectivity index (χ3n) is 0.564. The SMILES string of the molecule is CCCC(N)F.Cl. The minimum Gasteiger partial charge on any atom is -0.302 e. The van der Waals surface area contributed by atoms with Crippen LogP contribution in [0.5, 0.6) is 0 Å². The smallest absolute Gasteiger partial charge is 0.148 e. The molecule has 1 nitrogen and oxygen atoms in total. The second kappa shape index (κ2) is 6.18. The average Bonchev–Trinajstić information content (AvgIpc) is 1.35. The zero-order valence-electron chi connectivity index (χ0n) is 4.36. The number of hydrogen-bond donors (Lipinski definition) is 1. The summed E-state index contributed by atoms with van der Waals surface area (Å²) in [4.78, 5) is 0. The van der Waals surface area contributed by atoms with Crippen molar-refractivity contribution in [1.29, 1.82) is 0 Å². The summed E-state index contributed by atoms with van der Waals surface area (Å²) in [5.74, 6) is 0. The van der Waals surface area contributed by atoms with Crippen molar-refractivity contribution >= 4 is 12.4 Å². The van der Waals surface area contributed by atoms with Crippen LogP contribution in [0.3, 0.4) is 0 Å². The van der Waals surface area contributed by atoms with Gasteiger partial charge in [0.25, 0.3) is 0 Å². The van der Waals surface area contributed by atoms with Crippen LogP contribution in [-0.2, 0) is 0 Å². The Labute approximate surface area is 49.5 Å². The van der Waals surface area contributed by atoms with Crippen LogP contribution in [0.15, 0.2) is 0 Å². The standard InChI is InChI=1S/C4H10FN.ClH/c1-2-3-4(5)6;/h4H,2-3,6H2,1H3;1H. The van der Waals surface area contributed by atoms with Gasteiger partial charge in [-0.25, -0.2) is 4.39 Å². The van der Waals surface area contributed by atoms with Crippen molar-refractivity contribution in [2.75, 3.05) is 0 Å². The Balaban J connectivity index is 0. The maximum atomic E-state index is 11.5. The number of hydrogen-bond acceptors (Lipinski definition) is 1. The van der Waals surface area contributed by atoms with Crippen LogP contribution in [0.4, 0.5) is 4.39 Å². The van der Waals surface area contributed by atoms with E-state index in [1.165, 1.54) is 0 Å². The highest BCUT2D eigenvalue weighted by Gasteiger charge is 1.90. The van der Waals surface area contributed by atoms with Gasteiger partial charge in [-0.2, -0.15) is 0 Å². The monoisotopic (exact) mass is 127 g/mol. The lowest BCUT2D eigenvalue weighted by molar-refractivity contribution is 0.322. The number of halogens is 2. The molecule has 1 atom stereocenters. The summed E-state index contributed by atoms with van der Waals surface area (Å²) < 4.78 is 11.5. The first-order valence-electron chi connectivity index (χ1n) is 2.17. The fraction of sp³-hybridized carbons (Fsp3) is 1.00. The number of rotatable bonds is 2. The van der Waals surface area contributed by atoms with Crippen molar-refractivity contribution in [2.24, 2.45) is 5.73 Å². The van der Waals surface area contributed by atoms with Gasteiger partial charge < -0.3 is 5.73 Å². The maximum absolute atomic E-state index is 11.5. The predicted molar refractivity (Wildman–Crippen MR) is 31.2 cm³/mol. The number of nitrogens with two attached hydrogens (primary N) is 1. The van der Waals surface area contributed by atoms with Crippen molar-refractivity contribution in [1.82, 2.24) is 0 Å². The minimum atomic E-state index is -1.10. The van der Waals surface area contributed by atoms with Gasteiger partial charge in [-0.15, -0.1) is 12.4 Å². The molecule has 2 N–H and O–H groups in total. The summed E-state index contributed by atoms with van der Waals surface area (Å²) in [5, 5.41) is 0. The Kier molecular flexibility index (Phi) is 9.02. The Bertz CT molecular complexity index is 32.9. The molecule has 3 heteroatoms. The molecule has 0 saturated carbocycles. The summed E-state index contributed by atoms with van der Waals surface area (Å²) in [5.41, 5.74) is 4.74. The quantitative estimate of drug-likeness (QED) is 0.559. The van der Waals surface area contributed by atoms with E-state index in [4.69, 9.17) is 5.73 Å². The second-order valence-corrected chi connectivity index (χ2v) is 1.30. The van der Waals surface area contributed by atoms with E-state index >= 15 is 0 Å². The molecule has 0 bridgehead atoms. The zero-order valence-corrected chi connectivity index (χ0v) is 5.17. The van der Waals surface area contributed by atoms with E-state index in [0.717, 1.165) is 6.42 Å². The molecule has 0 spiro atoms. The molecule has 0 aromatic rings. The maximum Gasteiger partial charge on any atom is 0.148 e. The largest absolute Gasteiger partial charge is 0.302 e. The van der Waals surface area contributed by atoms with Crippen LogP contribution < -0.4 is 5.73 Å². The normalized spacial score (nSPS) is 12.4. The molecule has 46 valence electrons. The highest BCUT2D eigenvalue weighted by Crippen LogP contribution is 1.90. The first-order valence-corrected chi connectivity index (χ1v) is 2.17. The van der Waals surface area contributed by atoms with Crippen molar-refractivity contribution in [2.45, 2.75) is 26.1 Å². The van der Waals surface area contributed by atoms with Crippen LogP contribution in [0, 0.1) is 0 Å². The van der Waals surface area contributed by atoms with E-state index in [2.05, 4.69) is 0 Å². The Hall–Kier alpha value is 0.180. The summed E-state index contributed by atoms with van der Waals surface area (Å²) in [6, 6.07) is 0. The second-order valence-electron chi connectivity index (χ2n) is 1.30. The van der Waals surface area contributed by atoms with Gasteiger partial charge in [0.2, 0.25) is 0 Å². The van der Waals surface area contributed by atoms with E-state index in [1.54, 1.807) is 0 Å². The van der Waals surface area contributed by atoms with Gasteiger partial charge in [0.15, 0.2) is 0 Å². The first-order chi connectivity index (χ1) is 2.77. The Morgan fingerprint density at radius 1 is 1.71 bits per heavy atom. The summed E-state index contributed by atoms with van der Waals surface area (Å²) in [6.45, 7) is 1.90. The lowest BCUT2D eigenvalue weighted by Crippen LogP contribution is -2.11. The Morgan fingerprint density at radius 2 is 2.14 bits per heavy atom. The highest BCUT2D eigenvalue weighted by molar-refractivity contribution is 5.85. The third kappa shape index (κ3) is 10.7. The van der Waals surface area contributed by atoms with Gasteiger partial charge in [-0.1, -0.05) is 13.3 Å². The van der Waals surface area contributed by atoms with Crippen molar-refractivity contribution in [3.05, 3.63) is 0 Å². The van der Waals surface area contributed by atoms with E-state index in [0.29, 0.717) is 6.42 Å². The van der Waals surface area contributed by atoms with Crippen molar-refractivity contribution in [3.8, 4) is 0 Å². The van der Waals surface area contributed by atoms with Crippen LogP contribution >= 0.6 is 12.4 Å². The molecule has 0 saturated heterocycles. The molecule has 0 rings (SSSR count). The lowest BCUT2D eigenvalue weighted by atomic mass is 10.3. The molecule has 0 aliphatic carbocycles. The molecule has 0 heterocycles. The van der Waals surface area contributed by atoms with Gasteiger partial charge in [0, 0.05) is 0 Å². The van der Waals surface area contributed by atoms with Crippen LogP contribution in [0.1, 0.15) is 19.8 Å². The average molecular weight is 128 g/mol. The predicted octanol–water partition coefficient (Wildman–Crippen LogP) is 1.46. The third-order valence-corrected chi connectivity index (χ3v) is 0.564. The molecule has 0 aromatic carbocycles. The van der Waals surface area contributed by atoms with Crippen molar-refractivity contribution < 1.29 is 4.39 Å². The van der Waals surface area contributed by atoms with E-state index in [9.17, 15) is 4.39 Å². The topological polar surface area (TPSA) is 26.0 Å². The summed E-state index contributed by atoms with van der Waals surface area (Å²) in [6.07, 6.45) is 0.215. The number of alkyl halides is 1. The van der Waals surface area contributed by atoms with Gasteiger partial charge in [-0.3, -0.25) is 0 Å². The van der Waals surface area contributed by atoms with Gasteiger partial charge in [0.1, 0.15) is 6.30 Å². The molecule has 0 fully saturated rings. The Morgan fingerprint density at radius 3 is 2.14 bits per heavy atom. The van der Waals surface area contributed by atoms with Crippen molar-refractivity contribution in [3.63, 3.8) is 0 Å². The summed E-state index contributed by atoms with van der Waals surface area (Å²) >= 11 is 0. The van der Waals surface area contributed by atoms with E-state index < -0.39 is 6.30 Å². The zero-order chi connectivity index (χ0) is 4.99. The van der Waals surface area contributed by atoms with Gasteiger partial charge in [-0.05, 0) is 6.42 Å². The molecule has 0 aliphatic heterocycles. The fourth-order valence-corrected chi connectivity index (χ4v) is 0.276. The molecule has 0 aliphatic rings. The molecule has 0 radical (unpaired) electrons. The highest BCUT2D eigenvalue weighted by atomic mass is 35.5. The molecular weight excluding hydrogens is 117 g/mol. The molecule has 1 unspecified atom stereocenters. The van der Waals surface area contributed by atoms with Crippen LogP contribution in [0.25, 0.3) is 0 Å². The van der Waals surface area contributed by atoms with E-state index in [1.807, 2.05) is 6.92 Å². The molecular formula is C4H11ClFN. The molecule has 0 aromatic heterocycles.